The van der Waals surface area contributed by atoms with Gasteiger partial charge in [-0.25, -0.2) is 0 Å². The first-order valence-electron chi connectivity index (χ1n) is 2.27. The Kier molecular flexibility index (Phi) is 8.59. The minimum absolute atomic E-state index is 0. The summed E-state index contributed by atoms with van der Waals surface area (Å²) in [7, 11) is 0. The Balaban J connectivity index is 0. The molecule has 0 aromatic carbocycles. The Morgan fingerprint density at radius 1 is 1.10 bits per heavy atom. The van der Waals surface area contributed by atoms with Gasteiger partial charge in [0, 0.05) is 0 Å². The number of nitrogens with one attached hydrogen (secondary N) is 1. The molecule has 0 aliphatic carbocycles. The van der Waals surface area contributed by atoms with Gasteiger partial charge in [-0.1, -0.05) is 0 Å². The number of carboxylic acid groups (broad SMARTS) is 2. The molecule has 3 N–H and O–H groups in total. The molecule has 0 saturated carbocycles. The molecular formula is C4H10BiNO4. The average Bonchev–Trinajstić information content (AvgIpc) is 1.63. The van der Waals surface area contributed by atoms with Crippen LogP contribution in [0.2, 0.25) is 0 Å². The van der Waals surface area contributed by atoms with Crippen LogP contribution in [-0.2, 0) is 9.59 Å². The zero-order valence-electron chi connectivity index (χ0n) is 5.33. The van der Waals surface area contributed by atoms with Crippen LogP contribution in [0.25, 0.3) is 0 Å². The van der Waals surface area contributed by atoms with Crippen LogP contribution in [0.5, 0.6) is 0 Å². The molecule has 0 saturated heterocycles. The maximum atomic E-state index is 9.73. The number of carboxylic acids is 2. The third-order valence-electron chi connectivity index (χ3n) is 0.552. The maximum absolute atomic E-state index is 9.73. The summed E-state index contributed by atoms with van der Waals surface area (Å²) in [5.74, 6) is -2.12. The van der Waals surface area contributed by atoms with Gasteiger partial charge in [-0.3, -0.25) is 14.9 Å². The Hall–Kier alpha value is -0.217. The molecule has 0 fully saturated rings. The number of aliphatic carboxylic acids is 2. The monoisotopic (exact) mass is 345 g/mol. The molecular weight excluding hydrogens is 335 g/mol. The van der Waals surface area contributed by atoms with Crippen molar-refractivity contribution in [3.05, 3.63) is 0 Å². The average molecular weight is 345 g/mol. The molecule has 60 valence electrons. The van der Waals surface area contributed by atoms with Crippen molar-refractivity contribution in [1.82, 2.24) is 5.32 Å². The van der Waals surface area contributed by atoms with E-state index >= 15 is 0 Å². The Labute approximate surface area is 76.5 Å². The van der Waals surface area contributed by atoms with Gasteiger partial charge in [-0.2, -0.15) is 0 Å². The quantitative estimate of drug-likeness (QED) is 0.493. The van der Waals surface area contributed by atoms with Crippen LogP contribution in [0, 0.1) is 0 Å². The first-order chi connectivity index (χ1) is 4.13. The van der Waals surface area contributed by atoms with Crippen LogP contribution in [0.3, 0.4) is 0 Å². The van der Waals surface area contributed by atoms with Gasteiger partial charge in [0.15, 0.2) is 0 Å². The summed E-state index contributed by atoms with van der Waals surface area (Å²) in [6.07, 6.45) is 0. The molecule has 0 aliphatic heterocycles. The molecule has 0 aromatic heterocycles. The molecule has 0 spiro atoms. The van der Waals surface area contributed by atoms with Gasteiger partial charge in [-0.15, -0.1) is 0 Å². The second kappa shape index (κ2) is 6.90. The van der Waals surface area contributed by atoms with Crippen LogP contribution < -0.4 is 5.32 Å². The van der Waals surface area contributed by atoms with Crippen LogP contribution in [0.15, 0.2) is 0 Å². The van der Waals surface area contributed by atoms with Gasteiger partial charge in [0.25, 0.3) is 0 Å². The molecule has 10 heavy (non-hydrogen) atoms. The van der Waals surface area contributed by atoms with Gasteiger partial charge in [0.05, 0.1) is 13.1 Å². The van der Waals surface area contributed by atoms with Crippen molar-refractivity contribution in [2.45, 2.75) is 0 Å². The van der Waals surface area contributed by atoms with Crippen molar-refractivity contribution in [3.8, 4) is 0 Å². The standard InChI is InChI=1S/C4H7NO4.Bi.3H/c6-3(7)1-5-2-4(8)9;;;;/h5H,1-2H2,(H,6,7)(H,8,9);;;;. The summed E-state index contributed by atoms with van der Waals surface area (Å²) in [4.78, 5) is 19.5. The van der Waals surface area contributed by atoms with E-state index in [1.54, 1.807) is 0 Å². The van der Waals surface area contributed by atoms with Crippen molar-refractivity contribution in [3.63, 3.8) is 0 Å². The second-order valence-electron chi connectivity index (χ2n) is 1.39. The second-order valence-corrected chi connectivity index (χ2v) is 1.39. The Morgan fingerprint density at radius 3 is 1.60 bits per heavy atom. The molecule has 6 heteroatoms. The third kappa shape index (κ3) is 10.7. The number of hydrogen-bond donors (Lipinski definition) is 3. The third-order valence-corrected chi connectivity index (χ3v) is 0.552. The fraction of sp³-hybridized carbons (Fsp3) is 0.500. The molecule has 0 rings (SSSR count). The molecule has 0 aromatic rings. The van der Waals surface area contributed by atoms with Gasteiger partial charge >= 0.3 is 38.1 Å². The molecule has 0 unspecified atom stereocenters. The number of rotatable bonds is 4. The van der Waals surface area contributed by atoms with E-state index in [2.05, 4.69) is 5.32 Å². The predicted molar refractivity (Wildman–Crippen MR) is 38.1 cm³/mol. The normalized spacial score (nSPS) is 8.00. The van der Waals surface area contributed by atoms with E-state index in [0.717, 1.165) is 0 Å². The Bertz CT molecular complexity index is 112. The number of carbonyl (C=O) groups is 2. The molecule has 0 bridgehead atoms. The summed E-state index contributed by atoms with van der Waals surface area (Å²) >= 11 is 0. The van der Waals surface area contributed by atoms with E-state index in [1.807, 2.05) is 0 Å². The van der Waals surface area contributed by atoms with Crippen molar-refractivity contribution < 1.29 is 19.8 Å². The first-order valence-corrected chi connectivity index (χ1v) is 2.27. The van der Waals surface area contributed by atoms with E-state index < -0.39 is 11.9 Å². The molecule has 0 amide bonds. The summed E-state index contributed by atoms with van der Waals surface area (Å²) < 4.78 is 0. The van der Waals surface area contributed by atoms with Gasteiger partial charge in [0.2, 0.25) is 0 Å². The van der Waals surface area contributed by atoms with Crippen molar-refractivity contribution >= 4 is 38.1 Å². The SMILES string of the molecule is O=C(O)CNCC(=O)O.[BiH3]. The van der Waals surface area contributed by atoms with E-state index in [4.69, 9.17) is 10.2 Å². The summed E-state index contributed by atoms with van der Waals surface area (Å²) in [6.45, 7) is -0.626. The molecule has 0 atom stereocenters. The van der Waals surface area contributed by atoms with Crippen molar-refractivity contribution in [2.24, 2.45) is 0 Å². The zero-order chi connectivity index (χ0) is 7.28. The summed E-state index contributed by atoms with van der Waals surface area (Å²) in [5, 5.41) is 18.1. The van der Waals surface area contributed by atoms with E-state index in [-0.39, 0.29) is 39.3 Å². The fourth-order valence-corrected chi connectivity index (χ4v) is 0.276. The van der Waals surface area contributed by atoms with Crippen LogP contribution in [-0.4, -0.2) is 61.4 Å². The Morgan fingerprint density at radius 2 is 1.40 bits per heavy atom. The summed E-state index contributed by atoms with van der Waals surface area (Å²) in [6, 6.07) is 0. The number of hydrogen-bond acceptors (Lipinski definition) is 3. The van der Waals surface area contributed by atoms with Gasteiger partial charge < -0.3 is 10.2 Å². The first kappa shape index (κ1) is 12.5. The van der Waals surface area contributed by atoms with Gasteiger partial charge in [0.1, 0.15) is 0 Å². The molecule has 0 aliphatic rings. The molecule has 5 nitrogen and oxygen atoms in total. The zero-order valence-corrected chi connectivity index (χ0v) is 10.8. The molecule has 0 heterocycles. The topological polar surface area (TPSA) is 86.6 Å². The van der Waals surface area contributed by atoms with E-state index in [1.165, 1.54) is 0 Å². The molecule has 0 radical (unpaired) electrons. The fourth-order valence-electron chi connectivity index (χ4n) is 0.276. The minimum atomic E-state index is -1.06. The van der Waals surface area contributed by atoms with Crippen molar-refractivity contribution in [1.29, 1.82) is 0 Å². The van der Waals surface area contributed by atoms with Crippen LogP contribution >= 0.6 is 0 Å². The predicted octanol–water partition coefficient (Wildman–Crippen LogP) is -2.44. The summed E-state index contributed by atoms with van der Waals surface area (Å²) in [5.41, 5.74) is 0. The van der Waals surface area contributed by atoms with Crippen LogP contribution in [0.1, 0.15) is 0 Å². The van der Waals surface area contributed by atoms with Crippen molar-refractivity contribution in [2.75, 3.05) is 13.1 Å². The van der Waals surface area contributed by atoms with Crippen LogP contribution in [0.4, 0.5) is 0 Å². The van der Waals surface area contributed by atoms with E-state index in [0.29, 0.717) is 0 Å². The van der Waals surface area contributed by atoms with Gasteiger partial charge in [-0.05, 0) is 0 Å². The van der Waals surface area contributed by atoms with E-state index in [9.17, 15) is 9.59 Å².